The van der Waals surface area contributed by atoms with Crippen LogP contribution in [0.4, 0.5) is 11.6 Å². The van der Waals surface area contributed by atoms with Crippen molar-refractivity contribution >= 4 is 33.5 Å². The van der Waals surface area contributed by atoms with E-state index in [-0.39, 0.29) is 42.0 Å². The molecule has 1 aliphatic rings. The lowest BCUT2D eigenvalue weighted by Gasteiger charge is -2.17. The highest BCUT2D eigenvalue weighted by Crippen LogP contribution is 2.32. The molecule has 3 N–H and O–H groups in total. The van der Waals surface area contributed by atoms with Crippen LogP contribution < -0.4 is 20.1 Å². The fraction of sp³-hybridized carbons (Fsp3) is 0.478. The second-order valence-corrected chi connectivity index (χ2v) is 9.89. The van der Waals surface area contributed by atoms with E-state index in [0.29, 0.717) is 42.9 Å². The summed E-state index contributed by atoms with van der Waals surface area (Å²) < 4.78 is 38.0. The SMILES string of the molecule is CCCCOc1nc(N)c2c(n1)N(CCCCNS(=O)(=O)c1cccc(CC(=O)OC)c1)C(=O)C2. The zero-order valence-electron chi connectivity index (χ0n) is 20.0. The summed E-state index contributed by atoms with van der Waals surface area (Å²) in [4.78, 5) is 34.1. The van der Waals surface area contributed by atoms with Crippen LogP contribution >= 0.6 is 0 Å². The van der Waals surface area contributed by atoms with Crippen LogP contribution in [0, 0.1) is 0 Å². The quantitative estimate of drug-likeness (QED) is 0.305. The molecule has 0 radical (unpaired) electrons. The van der Waals surface area contributed by atoms with Gasteiger partial charge >= 0.3 is 12.0 Å². The highest BCUT2D eigenvalue weighted by molar-refractivity contribution is 7.89. The molecule has 0 spiro atoms. The number of amides is 1. The number of hydrogen-bond donors (Lipinski definition) is 2. The van der Waals surface area contributed by atoms with Crippen LogP contribution in [-0.4, -0.2) is 57.1 Å². The molecule has 35 heavy (non-hydrogen) atoms. The van der Waals surface area contributed by atoms with Crippen LogP contribution in [0.1, 0.15) is 43.7 Å². The van der Waals surface area contributed by atoms with Crippen molar-refractivity contribution in [1.82, 2.24) is 14.7 Å². The summed E-state index contributed by atoms with van der Waals surface area (Å²) >= 11 is 0. The number of anilines is 2. The predicted molar refractivity (Wildman–Crippen MR) is 129 cm³/mol. The molecule has 0 atom stereocenters. The molecule has 0 fully saturated rings. The average molecular weight is 506 g/mol. The smallest absolute Gasteiger partial charge is 0.320 e. The van der Waals surface area contributed by atoms with Gasteiger partial charge in [-0.2, -0.15) is 9.97 Å². The molecule has 1 aromatic carbocycles. The van der Waals surface area contributed by atoms with E-state index in [1.54, 1.807) is 17.0 Å². The Morgan fingerprint density at radius 3 is 2.77 bits per heavy atom. The Bertz CT molecular complexity index is 1170. The molecule has 190 valence electrons. The minimum Gasteiger partial charge on any atom is -0.469 e. The summed E-state index contributed by atoms with van der Waals surface area (Å²) in [5.41, 5.74) is 7.15. The number of carbonyl (C=O) groups excluding carboxylic acids is 2. The Balaban J connectivity index is 1.54. The van der Waals surface area contributed by atoms with Crippen molar-refractivity contribution < 1.29 is 27.5 Å². The number of unbranched alkanes of at least 4 members (excludes halogenated alkanes) is 2. The largest absolute Gasteiger partial charge is 0.469 e. The lowest BCUT2D eigenvalue weighted by molar-refractivity contribution is -0.139. The molecular weight excluding hydrogens is 474 g/mol. The van der Waals surface area contributed by atoms with Gasteiger partial charge in [0.15, 0.2) is 0 Å². The second kappa shape index (κ2) is 11.9. The Labute approximate surface area is 205 Å². The maximum Gasteiger partial charge on any atom is 0.320 e. The molecule has 0 bridgehead atoms. The highest BCUT2D eigenvalue weighted by Gasteiger charge is 2.31. The van der Waals surface area contributed by atoms with Crippen LogP contribution in [0.25, 0.3) is 0 Å². The number of aromatic nitrogens is 2. The van der Waals surface area contributed by atoms with Gasteiger partial charge in [0, 0.05) is 18.7 Å². The molecule has 3 rings (SSSR count). The zero-order valence-corrected chi connectivity index (χ0v) is 20.8. The first-order valence-electron chi connectivity index (χ1n) is 11.5. The number of methoxy groups -OCH3 is 1. The van der Waals surface area contributed by atoms with Crippen molar-refractivity contribution in [2.24, 2.45) is 0 Å². The van der Waals surface area contributed by atoms with Gasteiger partial charge in [0.1, 0.15) is 11.6 Å². The molecule has 1 amide bonds. The normalized spacial score (nSPS) is 13.1. The number of esters is 1. The predicted octanol–water partition coefficient (Wildman–Crippen LogP) is 1.60. The van der Waals surface area contributed by atoms with Crippen molar-refractivity contribution in [3.8, 4) is 6.01 Å². The number of nitrogen functional groups attached to an aromatic ring is 1. The Morgan fingerprint density at radius 1 is 1.23 bits per heavy atom. The summed E-state index contributed by atoms with van der Waals surface area (Å²) in [7, 11) is -2.46. The van der Waals surface area contributed by atoms with Gasteiger partial charge in [-0.15, -0.1) is 0 Å². The second-order valence-electron chi connectivity index (χ2n) is 8.12. The Kier molecular flexibility index (Phi) is 8.99. The van der Waals surface area contributed by atoms with E-state index in [1.807, 2.05) is 6.92 Å². The first-order chi connectivity index (χ1) is 16.7. The van der Waals surface area contributed by atoms with Crippen LogP contribution in [0.2, 0.25) is 0 Å². The lowest BCUT2D eigenvalue weighted by atomic mass is 10.1. The van der Waals surface area contributed by atoms with Gasteiger partial charge in [-0.25, -0.2) is 13.1 Å². The van der Waals surface area contributed by atoms with E-state index in [4.69, 9.17) is 10.5 Å². The van der Waals surface area contributed by atoms with Crippen LogP contribution in [-0.2, 0) is 37.2 Å². The molecule has 11 nitrogen and oxygen atoms in total. The maximum absolute atomic E-state index is 12.6. The summed E-state index contributed by atoms with van der Waals surface area (Å²) in [6.07, 6.45) is 2.99. The van der Waals surface area contributed by atoms with Crippen LogP contribution in [0.5, 0.6) is 6.01 Å². The molecule has 0 saturated heterocycles. The number of benzene rings is 1. The fourth-order valence-corrected chi connectivity index (χ4v) is 4.72. The third-order valence-corrected chi connectivity index (χ3v) is 6.95. The van der Waals surface area contributed by atoms with Crippen molar-refractivity contribution in [2.45, 2.75) is 50.3 Å². The molecule has 12 heteroatoms. The zero-order chi connectivity index (χ0) is 25.4. The molecule has 1 aromatic heterocycles. The van der Waals surface area contributed by atoms with E-state index in [0.717, 1.165) is 12.8 Å². The van der Waals surface area contributed by atoms with Crippen LogP contribution in [0.3, 0.4) is 0 Å². The third kappa shape index (κ3) is 6.89. The van der Waals surface area contributed by atoms with Gasteiger partial charge in [-0.1, -0.05) is 25.5 Å². The highest BCUT2D eigenvalue weighted by atomic mass is 32.2. The number of nitrogens with zero attached hydrogens (tertiary/aromatic N) is 3. The van der Waals surface area contributed by atoms with Crippen molar-refractivity contribution in [2.75, 3.05) is 37.4 Å². The van der Waals surface area contributed by atoms with Crippen molar-refractivity contribution in [3.05, 3.63) is 35.4 Å². The average Bonchev–Trinajstić information content (AvgIpc) is 3.15. The van der Waals surface area contributed by atoms with E-state index < -0.39 is 16.0 Å². The topological polar surface area (TPSA) is 154 Å². The first-order valence-corrected chi connectivity index (χ1v) is 13.0. The summed E-state index contributed by atoms with van der Waals surface area (Å²) in [5.74, 6) is 0.114. The van der Waals surface area contributed by atoms with E-state index >= 15 is 0 Å². The molecule has 0 unspecified atom stereocenters. The molecule has 2 aromatic rings. The number of rotatable bonds is 13. The summed E-state index contributed by atoms with van der Waals surface area (Å²) in [5, 5.41) is 0. The molecule has 2 heterocycles. The standard InChI is InChI=1S/C23H31N5O6S/c1-3-4-12-34-23-26-21(24)18-15-19(29)28(22(18)27-23)11-6-5-10-25-35(31,32)17-9-7-8-16(13-17)14-20(30)33-2/h7-9,13,25H,3-6,10-12,14-15H2,1-2H3,(H2,24,26,27). The lowest BCUT2D eigenvalue weighted by Crippen LogP contribution is -2.30. The number of sulfonamides is 1. The number of fused-ring (bicyclic) bond motifs is 1. The summed E-state index contributed by atoms with van der Waals surface area (Å²) in [6.45, 7) is 3.07. The number of ether oxygens (including phenoxy) is 2. The fourth-order valence-electron chi connectivity index (χ4n) is 3.57. The van der Waals surface area contributed by atoms with Gasteiger partial charge in [-0.3, -0.25) is 14.5 Å². The van der Waals surface area contributed by atoms with Gasteiger partial charge in [0.05, 0.1) is 31.5 Å². The Hall–Kier alpha value is -3.25. The number of nitrogens with one attached hydrogen (secondary N) is 1. The minimum atomic E-state index is -3.74. The molecular formula is C23H31N5O6S. The van der Waals surface area contributed by atoms with E-state index in [2.05, 4.69) is 19.4 Å². The maximum atomic E-state index is 12.6. The van der Waals surface area contributed by atoms with Gasteiger partial charge < -0.3 is 15.2 Å². The van der Waals surface area contributed by atoms with Crippen molar-refractivity contribution in [1.29, 1.82) is 0 Å². The van der Waals surface area contributed by atoms with Crippen LogP contribution in [0.15, 0.2) is 29.2 Å². The van der Waals surface area contributed by atoms with E-state index in [9.17, 15) is 18.0 Å². The molecule has 0 aliphatic carbocycles. The number of hydrogen-bond acceptors (Lipinski definition) is 9. The van der Waals surface area contributed by atoms with Gasteiger partial charge in [-0.05, 0) is 37.0 Å². The van der Waals surface area contributed by atoms with Gasteiger partial charge in [0.2, 0.25) is 15.9 Å². The van der Waals surface area contributed by atoms with Gasteiger partial charge in [0.25, 0.3) is 0 Å². The molecule has 0 saturated carbocycles. The van der Waals surface area contributed by atoms with Crippen molar-refractivity contribution in [3.63, 3.8) is 0 Å². The Morgan fingerprint density at radius 2 is 2.03 bits per heavy atom. The number of nitrogens with two attached hydrogens (primary N) is 1. The van der Waals surface area contributed by atoms with E-state index in [1.165, 1.54) is 19.2 Å². The number of carbonyl (C=O) groups is 2. The minimum absolute atomic E-state index is 0.00930. The first kappa shape index (κ1) is 26.4. The summed E-state index contributed by atoms with van der Waals surface area (Å²) in [6, 6.07) is 6.31. The monoisotopic (exact) mass is 505 g/mol. The third-order valence-electron chi connectivity index (χ3n) is 5.50. The molecule has 1 aliphatic heterocycles.